The molecule has 0 bridgehead atoms. The minimum absolute atomic E-state index is 0.182. The summed E-state index contributed by atoms with van der Waals surface area (Å²) in [6.07, 6.45) is 3.52. The number of hydrogen-bond donors (Lipinski definition) is 0. The van der Waals surface area contributed by atoms with E-state index in [-0.39, 0.29) is 11.4 Å². The quantitative estimate of drug-likeness (QED) is 0.627. The lowest BCUT2D eigenvalue weighted by atomic mass is 9.99. The van der Waals surface area contributed by atoms with Gasteiger partial charge in [-0.1, -0.05) is 6.42 Å². The summed E-state index contributed by atoms with van der Waals surface area (Å²) in [6.45, 7) is 3.45. The summed E-state index contributed by atoms with van der Waals surface area (Å²) in [7, 11) is 0. The molecule has 0 saturated carbocycles. The minimum atomic E-state index is -0.601. The second-order valence-electron chi connectivity index (χ2n) is 5.82. The highest BCUT2D eigenvalue weighted by molar-refractivity contribution is 5.67. The third-order valence-corrected chi connectivity index (χ3v) is 4.54. The van der Waals surface area contributed by atoms with Crippen LogP contribution in [0.4, 0.5) is 17.1 Å². The van der Waals surface area contributed by atoms with E-state index in [9.17, 15) is 20.2 Å². The molecule has 2 heterocycles. The first-order valence-electron chi connectivity index (χ1n) is 7.48. The lowest BCUT2D eigenvalue weighted by molar-refractivity contribution is -0.393. The Morgan fingerprint density at radius 2 is 1.86 bits per heavy atom. The number of nitrogens with zero attached hydrogens (tertiary/aromatic N) is 4. The van der Waals surface area contributed by atoms with E-state index >= 15 is 0 Å². The molecule has 1 aromatic carbocycles. The predicted octanol–water partition coefficient (Wildman–Crippen LogP) is 2.18. The maximum atomic E-state index is 11.3. The van der Waals surface area contributed by atoms with Crippen LogP contribution in [0.5, 0.6) is 0 Å². The molecule has 0 radical (unpaired) electrons. The van der Waals surface area contributed by atoms with Gasteiger partial charge >= 0.3 is 0 Å². The molecule has 1 atom stereocenters. The molecule has 0 aromatic heterocycles. The molecule has 2 fully saturated rings. The van der Waals surface area contributed by atoms with Crippen molar-refractivity contribution in [2.45, 2.75) is 25.3 Å². The Hall–Kier alpha value is -2.22. The summed E-state index contributed by atoms with van der Waals surface area (Å²) in [5.74, 6) is 0. The smallest absolute Gasteiger partial charge is 0.299 e. The number of non-ortho nitro benzene ring substituents is 1. The summed E-state index contributed by atoms with van der Waals surface area (Å²) < 4.78 is 0. The van der Waals surface area contributed by atoms with E-state index in [2.05, 4.69) is 4.90 Å². The maximum absolute atomic E-state index is 11.3. The number of nitro benzene ring substituents is 2. The molecule has 8 nitrogen and oxygen atoms in total. The number of piperidine rings is 1. The third-order valence-electron chi connectivity index (χ3n) is 4.54. The molecular weight excluding hydrogens is 288 g/mol. The van der Waals surface area contributed by atoms with Gasteiger partial charge < -0.3 is 4.90 Å². The summed E-state index contributed by atoms with van der Waals surface area (Å²) in [4.78, 5) is 25.4. The van der Waals surface area contributed by atoms with Crippen molar-refractivity contribution in [1.82, 2.24) is 4.90 Å². The molecule has 1 aromatic rings. The summed E-state index contributed by atoms with van der Waals surface area (Å²) in [6, 6.07) is 4.34. The summed E-state index contributed by atoms with van der Waals surface area (Å²) >= 11 is 0. The normalized spacial score (nSPS) is 22.2. The zero-order valence-electron chi connectivity index (χ0n) is 12.2. The van der Waals surface area contributed by atoms with Gasteiger partial charge in [-0.3, -0.25) is 25.1 Å². The van der Waals surface area contributed by atoms with Gasteiger partial charge in [0.15, 0.2) is 0 Å². The van der Waals surface area contributed by atoms with Gasteiger partial charge in [-0.05, 0) is 25.5 Å². The van der Waals surface area contributed by atoms with Crippen molar-refractivity contribution in [2.75, 3.05) is 31.1 Å². The maximum Gasteiger partial charge on any atom is 0.299 e. The predicted molar refractivity (Wildman–Crippen MR) is 81.2 cm³/mol. The van der Waals surface area contributed by atoms with Gasteiger partial charge in [-0.15, -0.1) is 0 Å². The van der Waals surface area contributed by atoms with E-state index in [1.165, 1.54) is 25.0 Å². The standard InChI is InChI=1S/C14H18N4O4/c19-17(20)11-4-5-13(14(9-11)18(21)22)16-8-7-15-6-2-1-3-12(15)10-16/h4-5,9,12H,1-3,6-8,10H2/t12-/m1/s1. The highest BCUT2D eigenvalue weighted by Crippen LogP contribution is 2.34. The third kappa shape index (κ3) is 2.74. The van der Waals surface area contributed by atoms with E-state index in [1.807, 2.05) is 4.90 Å². The topological polar surface area (TPSA) is 92.8 Å². The lowest BCUT2D eigenvalue weighted by Crippen LogP contribution is -2.55. The van der Waals surface area contributed by atoms with Gasteiger partial charge in [-0.25, -0.2) is 0 Å². The van der Waals surface area contributed by atoms with Crippen molar-refractivity contribution in [3.05, 3.63) is 38.4 Å². The first-order chi connectivity index (χ1) is 10.6. The Bertz CT molecular complexity index is 607. The van der Waals surface area contributed by atoms with Crippen LogP contribution < -0.4 is 4.90 Å². The summed E-state index contributed by atoms with van der Waals surface area (Å²) in [5.41, 5.74) is 0.0611. The van der Waals surface area contributed by atoms with Crippen LogP contribution in [0.1, 0.15) is 19.3 Å². The molecule has 22 heavy (non-hydrogen) atoms. The van der Waals surface area contributed by atoms with Gasteiger partial charge in [0, 0.05) is 31.7 Å². The number of anilines is 1. The molecule has 118 valence electrons. The van der Waals surface area contributed by atoms with E-state index in [0.717, 1.165) is 38.7 Å². The Kier molecular flexibility index (Phi) is 3.93. The number of nitro groups is 2. The largest absolute Gasteiger partial charge is 0.363 e. The molecule has 0 spiro atoms. The van der Waals surface area contributed by atoms with Crippen molar-refractivity contribution in [2.24, 2.45) is 0 Å². The molecule has 0 unspecified atom stereocenters. The summed E-state index contributed by atoms with van der Waals surface area (Å²) in [5, 5.41) is 22.1. The van der Waals surface area contributed by atoms with Gasteiger partial charge in [0.25, 0.3) is 11.4 Å². The van der Waals surface area contributed by atoms with Crippen LogP contribution in [0.2, 0.25) is 0 Å². The molecular formula is C14H18N4O4. The number of fused-ring (bicyclic) bond motifs is 1. The SMILES string of the molecule is O=[N+]([O-])c1ccc(N2CCN3CCCC[C@@H]3C2)c([N+](=O)[O-])c1. The van der Waals surface area contributed by atoms with Gasteiger partial charge in [0.1, 0.15) is 5.69 Å². The molecule has 0 N–H and O–H groups in total. The average molecular weight is 306 g/mol. The molecule has 2 aliphatic heterocycles. The Labute approximate surface area is 127 Å². The van der Waals surface area contributed by atoms with Crippen LogP contribution in [-0.2, 0) is 0 Å². The first-order valence-corrected chi connectivity index (χ1v) is 7.48. The zero-order chi connectivity index (χ0) is 15.7. The number of hydrogen-bond acceptors (Lipinski definition) is 6. The lowest BCUT2D eigenvalue weighted by Gasteiger charge is -2.44. The fraction of sp³-hybridized carbons (Fsp3) is 0.571. The average Bonchev–Trinajstić information content (AvgIpc) is 2.53. The van der Waals surface area contributed by atoms with Gasteiger partial charge in [0.2, 0.25) is 0 Å². The second-order valence-corrected chi connectivity index (χ2v) is 5.82. The molecule has 3 rings (SSSR count). The molecule has 8 heteroatoms. The van der Waals surface area contributed by atoms with Crippen molar-refractivity contribution in [1.29, 1.82) is 0 Å². The van der Waals surface area contributed by atoms with Gasteiger partial charge in [-0.2, -0.15) is 0 Å². The first kappa shape index (κ1) is 14.7. The fourth-order valence-electron chi connectivity index (χ4n) is 3.41. The van der Waals surface area contributed by atoms with E-state index in [1.54, 1.807) is 0 Å². The Morgan fingerprint density at radius 1 is 1.05 bits per heavy atom. The van der Waals surface area contributed by atoms with Gasteiger partial charge in [0.05, 0.1) is 15.9 Å². The van der Waals surface area contributed by atoms with Crippen molar-refractivity contribution in [3.63, 3.8) is 0 Å². The van der Waals surface area contributed by atoms with Crippen molar-refractivity contribution in [3.8, 4) is 0 Å². The van der Waals surface area contributed by atoms with Crippen LogP contribution in [0.15, 0.2) is 18.2 Å². The number of rotatable bonds is 3. The highest BCUT2D eigenvalue weighted by Gasteiger charge is 2.32. The Balaban J connectivity index is 1.87. The Morgan fingerprint density at radius 3 is 2.59 bits per heavy atom. The van der Waals surface area contributed by atoms with Crippen LogP contribution in [0, 0.1) is 20.2 Å². The minimum Gasteiger partial charge on any atom is -0.363 e. The van der Waals surface area contributed by atoms with Crippen LogP contribution in [0.25, 0.3) is 0 Å². The van der Waals surface area contributed by atoms with E-state index < -0.39 is 9.85 Å². The molecule has 2 aliphatic rings. The van der Waals surface area contributed by atoms with E-state index in [4.69, 9.17) is 0 Å². The zero-order valence-corrected chi connectivity index (χ0v) is 12.2. The van der Waals surface area contributed by atoms with Crippen LogP contribution >= 0.6 is 0 Å². The van der Waals surface area contributed by atoms with Crippen LogP contribution in [0.3, 0.4) is 0 Å². The molecule has 2 saturated heterocycles. The number of benzene rings is 1. The second kappa shape index (κ2) is 5.88. The van der Waals surface area contributed by atoms with Crippen molar-refractivity contribution < 1.29 is 9.85 Å². The molecule has 0 amide bonds. The fourth-order valence-corrected chi connectivity index (χ4v) is 3.41. The molecule has 0 aliphatic carbocycles. The monoisotopic (exact) mass is 306 g/mol. The number of piperazine rings is 1. The van der Waals surface area contributed by atoms with Crippen LogP contribution in [-0.4, -0.2) is 47.0 Å². The highest BCUT2D eigenvalue weighted by atomic mass is 16.6. The van der Waals surface area contributed by atoms with Crippen molar-refractivity contribution >= 4 is 17.1 Å². The van der Waals surface area contributed by atoms with E-state index in [0.29, 0.717) is 11.7 Å².